The number of likely N-dealkylation sites (N-methyl/N-ethyl adjacent to an activating group) is 1. The summed E-state index contributed by atoms with van der Waals surface area (Å²) in [6, 6.07) is 30.2. The lowest BCUT2D eigenvalue weighted by atomic mass is 10.1. The van der Waals surface area contributed by atoms with Crippen molar-refractivity contribution in [3.63, 3.8) is 0 Å². The van der Waals surface area contributed by atoms with Crippen molar-refractivity contribution in [1.29, 1.82) is 0 Å². The molecule has 1 aliphatic heterocycles. The number of benzene rings is 3. The van der Waals surface area contributed by atoms with Crippen LogP contribution in [0.25, 0.3) is 0 Å². The Labute approximate surface area is 253 Å². The normalized spacial score (nSPS) is 14.4. The maximum absolute atomic E-state index is 13.7. The Hall–Kier alpha value is -2.94. The average molecular weight is 591 g/mol. The van der Waals surface area contributed by atoms with Crippen LogP contribution in [0.4, 0.5) is 4.79 Å². The third-order valence-electron chi connectivity index (χ3n) is 7.22. The van der Waals surface area contributed by atoms with Gasteiger partial charge in [-0.15, -0.1) is 0 Å². The van der Waals surface area contributed by atoms with Crippen LogP contribution in [0.15, 0.2) is 91.0 Å². The van der Waals surface area contributed by atoms with Crippen LogP contribution in [0.2, 0.25) is 0 Å². The summed E-state index contributed by atoms with van der Waals surface area (Å²) in [5.41, 5.74) is 3.70. The first kappa shape index (κ1) is 31.0. The first-order valence-corrected chi connectivity index (χ1v) is 16.7. The Bertz CT molecular complexity index is 1180. The molecule has 0 bridgehead atoms. The number of piperazine rings is 1. The van der Waals surface area contributed by atoms with Gasteiger partial charge in [-0.1, -0.05) is 91.0 Å². The fraction of sp³-hybridized carbons (Fsp3) is 0.394. The second kappa shape index (κ2) is 17.1. The Balaban J connectivity index is 1.39. The molecule has 3 amide bonds. The van der Waals surface area contributed by atoms with Crippen molar-refractivity contribution in [3.8, 4) is 0 Å². The number of rotatable bonds is 14. The highest BCUT2D eigenvalue weighted by Gasteiger charge is 2.29. The molecule has 8 heteroatoms. The molecule has 4 rings (SSSR count). The fourth-order valence-corrected chi connectivity index (χ4v) is 6.62. The van der Waals surface area contributed by atoms with Gasteiger partial charge in [0.25, 0.3) is 0 Å². The number of thioether (sulfide) groups is 2. The highest BCUT2D eigenvalue weighted by atomic mass is 32.2. The van der Waals surface area contributed by atoms with E-state index >= 15 is 0 Å². The van der Waals surface area contributed by atoms with Gasteiger partial charge in [-0.2, -0.15) is 23.5 Å². The molecule has 0 aliphatic carbocycles. The summed E-state index contributed by atoms with van der Waals surface area (Å²) in [4.78, 5) is 33.4. The van der Waals surface area contributed by atoms with Gasteiger partial charge in [0.1, 0.15) is 6.04 Å². The van der Waals surface area contributed by atoms with Crippen molar-refractivity contribution in [1.82, 2.24) is 20.0 Å². The molecule has 1 atom stereocenters. The van der Waals surface area contributed by atoms with E-state index in [1.54, 1.807) is 11.8 Å². The Morgan fingerprint density at radius 1 is 0.756 bits per heavy atom. The van der Waals surface area contributed by atoms with Gasteiger partial charge in [0, 0.05) is 62.3 Å². The third kappa shape index (κ3) is 10.8. The number of urea groups is 1. The highest BCUT2D eigenvalue weighted by molar-refractivity contribution is 7.98. The van der Waals surface area contributed by atoms with E-state index in [2.05, 4.69) is 65.8 Å². The van der Waals surface area contributed by atoms with E-state index in [1.165, 1.54) is 16.7 Å². The van der Waals surface area contributed by atoms with Crippen LogP contribution in [0.3, 0.4) is 0 Å². The zero-order valence-corrected chi connectivity index (χ0v) is 25.6. The summed E-state index contributed by atoms with van der Waals surface area (Å²) in [5, 5.41) is 3.16. The van der Waals surface area contributed by atoms with Crippen LogP contribution in [-0.2, 0) is 22.7 Å². The number of nitrogens with zero attached hydrogens (tertiary/aromatic N) is 3. The van der Waals surface area contributed by atoms with Gasteiger partial charge >= 0.3 is 6.03 Å². The molecule has 0 saturated carbocycles. The minimum atomic E-state index is -0.559. The molecule has 6 nitrogen and oxygen atoms in total. The van der Waals surface area contributed by atoms with Gasteiger partial charge in [0.05, 0.1) is 0 Å². The smallest absolute Gasteiger partial charge is 0.318 e. The van der Waals surface area contributed by atoms with E-state index in [0.29, 0.717) is 31.9 Å². The number of hydrogen-bond donors (Lipinski definition) is 1. The monoisotopic (exact) mass is 590 g/mol. The molecular formula is C33H42N4O2S2. The molecule has 3 aromatic carbocycles. The van der Waals surface area contributed by atoms with E-state index in [4.69, 9.17) is 0 Å². The van der Waals surface area contributed by atoms with Crippen LogP contribution >= 0.6 is 23.5 Å². The Kier molecular flexibility index (Phi) is 12.9. The number of nitrogens with one attached hydrogen (secondary N) is 1. The molecular weight excluding hydrogens is 549 g/mol. The summed E-state index contributed by atoms with van der Waals surface area (Å²) in [6.45, 7) is 4.33. The lowest BCUT2D eigenvalue weighted by Gasteiger charge is -2.35. The first-order chi connectivity index (χ1) is 20.1. The van der Waals surface area contributed by atoms with E-state index in [0.717, 1.165) is 36.8 Å². The van der Waals surface area contributed by atoms with Crippen molar-refractivity contribution < 1.29 is 9.59 Å². The van der Waals surface area contributed by atoms with E-state index in [9.17, 15) is 9.59 Å². The van der Waals surface area contributed by atoms with Crippen molar-refractivity contribution in [2.75, 3.05) is 57.8 Å². The molecule has 218 valence electrons. The summed E-state index contributed by atoms with van der Waals surface area (Å²) in [7, 11) is 2.08. The van der Waals surface area contributed by atoms with Crippen LogP contribution in [0.5, 0.6) is 0 Å². The zero-order chi connectivity index (χ0) is 28.7. The quantitative estimate of drug-likeness (QED) is 0.260. The summed E-state index contributed by atoms with van der Waals surface area (Å²) >= 11 is 3.52. The van der Waals surface area contributed by atoms with Crippen LogP contribution < -0.4 is 5.32 Å². The minimum absolute atomic E-state index is 0.0217. The van der Waals surface area contributed by atoms with Gasteiger partial charge in [-0.05, 0) is 30.2 Å². The second-order valence-electron chi connectivity index (χ2n) is 10.4. The van der Waals surface area contributed by atoms with Gasteiger partial charge in [0.15, 0.2) is 0 Å². The van der Waals surface area contributed by atoms with Gasteiger partial charge in [-0.3, -0.25) is 4.79 Å². The number of carbonyl (C=O) groups excluding carboxylic acids is 2. The summed E-state index contributed by atoms with van der Waals surface area (Å²) in [5.74, 6) is 3.11. The molecule has 0 radical (unpaired) electrons. The lowest BCUT2D eigenvalue weighted by molar-refractivity contribution is -0.134. The largest absolute Gasteiger partial charge is 0.338 e. The van der Waals surface area contributed by atoms with Gasteiger partial charge in [0.2, 0.25) is 5.91 Å². The minimum Gasteiger partial charge on any atom is -0.338 e. The second-order valence-corrected chi connectivity index (χ2v) is 12.5. The van der Waals surface area contributed by atoms with Crippen LogP contribution in [-0.4, -0.2) is 90.5 Å². The molecule has 1 N–H and O–H groups in total. The molecule has 1 aliphatic rings. The average Bonchev–Trinajstić information content (AvgIpc) is 3.01. The fourth-order valence-electron chi connectivity index (χ4n) is 4.69. The third-order valence-corrected chi connectivity index (χ3v) is 9.34. The summed E-state index contributed by atoms with van der Waals surface area (Å²) in [6.07, 6.45) is 0.775. The summed E-state index contributed by atoms with van der Waals surface area (Å²) < 4.78 is 0. The van der Waals surface area contributed by atoms with E-state index < -0.39 is 6.04 Å². The molecule has 1 fully saturated rings. The van der Waals surface area contributed by atoms with Crippen molar-refractivity contribution in [2.24, 2.45) is 0 Å². The number of hydrogen-bond acceptors (Lipinski definition) is 5. The topological polar surface area (TPSA) is 55.9 Å². The number of carbonyl (C=O) groups is 2. The van der Waals surface area contributed by atoms with Crippen molar-refractivity contribution in [2.45, 2.75) is 24.0 Å². The molecule has 0 aromatic heterocycles. The van der Waals surface area contributed by atoms with E-state index in [1.807, 2.05) is 64.0 Å². The zero-order valence-electron chi connectivity index (χ0n) is 24.0. The van der Waals surface area contributed by atoms with Crippen molar-refractivity contribution in [3.05, 3.63) is 108 Å². The number of amides is 3. The van der Waals surface area contributed by atoms with Crippen LogP contribution in [0, 0.1) is 0 Å². The molecule has 1 saturated heterocycles. The highest BCUT2D eigenvalue weighted by Crippen LogP contribution is 2.16. The lowest BCUT2D eigenvalue weighted by Crippen LogP contribution is -2.57. The Morgan fingerprint density at radius 2 is 1.29 bits per heavy atom. The molecule has 0 spiro atoms. The van der Waals surface area contributed by atoms with Gasteiger partial charge < -0.3 is 20.0 Å². The molecule has 1 heterocycles. The first-order valence-electron chi connectivity index (χ1n) is 14.4. The van der Waals surface area contributed by atoms with Crippen molar-refractivity contribution >= 4 is 35.5 Å². The SMILES string of the molecule is CN1CCN(C(=O)C(CSCc2ccccc2)NC(=O)N(CCSCc2ccccc2)CCc2ccccc2)CC1. The van der Waals surface area contributed by atoms with E-state index in [-0.39, 0.29) is 11.9 Å². The predicted molar refractivity (Wildman–Crippen MR) is 173 cm³/mol. The Morgan fingerprint density at radius 3 is 1.88 bits per heavy atom. The van der Waals surface area contributed by atoms with Crippen LogP contribution in [0.1, 0.15) is 16.7 Å². The predicted octanol–water partition coefficient (Wildman–Crippen LogP) is 5.25. The van der Waals surface area contributed by atoms with Gasteiger partial charge in [-0.25, -0.2) is 4.79 Å². The molecule has 41 heavy (non-hydrogen) atoms. The molecule has 1 unspecified atom stereocenters. The maximum Gasteiger partial charge on any atom is 0.318 e. The standard InChI is InChI=1S/C33H42N4O2S2/c1-35-19-21-36(22-20-35)32(38)31(27-41-26-30-15-9-4-10-16-30)34-33(39)37(18-17-28-11-5-2-6-12-28)23-24-40-25-29-13-7-3-8-14-29/h2-16,31H,17-27H2,1H3,(H,34,39). The maximum atomic E-state index is 13.7. The molecule has 3 aromatic rings.